The van der Waals surface area contributed by atoms with Crippen LogP contribution in [0.5, 0.6) is 0 Å². The van der Waals surface area contributed by atoms with Crippen LogP contribution in [0.15, 0.2) is 0 Å². The van der Waals surface area contributed by atoms with E-state index in [1.165, 1.54) is 18.4 Å². The molecule has 0 bridgehead atoms. The molecule has 0 aromatic carbocycles. The number of nitrogens with one attached hydrogen (secondary N) is 1. The Bertz CT molecular complexity index is 347. The number of hydrogen-bond acceptors (Lipinski definition) is 6. The number of nitrogens with zero attached hydrogens (tertiary/aromatic N) is 2. The maximum atomic E-state index is 11.2. The summed E-state index contributed by atoms with van der Waals surface area (Å²) < 4.78 is 4.59. The predicted molar refractivity (Wildman–Crippen MR) is 56.1 cm³/mol. The Morgan fingerprint density at radius 3 is 3.13 bits per heavy atom. The first kappa shape index (κ1) is 10.5. The summed E-state index contributed by atoms with van der Waals surface area (Å²) in [5.41, 5.74) is 0. The van der Waals surface area contributed by atoms with Crippen molar-refractivity contribution in [3.8, 4) is 0 Å². The minimum absolute atomic E-state index is 0.345. The number of esters is 1. The van der Waals surface area contributed by atoms with Gasteiger partial charge in [-0.3, -0.25) is 0 Å². The zero-order chi connectivity index (χ0) is 10.7. The van der Waals surface area contributed by atoms with Gasteiger partial charge in [-0.2, -0.15) is 0 Å². The summed E-state index contributed by atoms with van der Waals surface area (Å²) in [4.78, 5) is 11.2. The number of ether oxygens (including phenoxy) is 1. The van der Waals surface area contributed by atoms with Gasteiger partial charge < -0.3 is 10.1 Å². The summed E-state index contributed by atoms with van der Waals surface area (Å²) in [6, 6.07) is 0. The van der Waals surface area contributed by atoms with E-state index in [9.17, 15) is 4.79 Å². The van der Waals surface area contributed by atoms with E-state index in [1.807, 2.05) is 0 Å². The van der Waals surface area contributed by atoms with Crippen molar-refractivity contribution in [3.63, 3.8) is 0 Å². The highest BCUT2D eigenvalue weighted by atomic mass is 32.1. The third kappa shape index (κ3) is 2.32. The first-order chi connectivity index (χ1) is 7.31. The minimum atomic E-state index is -0.400. The topological polar surface area (TPSA) is 64.1 Å². The van der Waals surface area contributed by atoms with Crippen molar-refractivity contribution in [2.45, 2.75) is 18.8 Å². The van der Waals surface area contributed by atoms with Crippen LogP contribution in [-0.2, 0) is 4.74 Å². The molecule has 6 heteroatoms. The quantitative estimate of drug-likeness (QED) is 0.757. The number of piperidine rings is 1. The van der Waals surface area contributed by atoms with E-state index in [2.05, 4.69) is 20.3 Å². The van der Waals surface area contributed by atoms with Crippen LogP contribution in [0, 0.1) is 0 Å². The number of methoxy groups -OCH3 is 1. The molecule has 0 amide bonds. The van der Waals surface area contributed by atoms with E-state index in [0.717, 1.165) is 30.9 Å². The van der Waals surface area contributed by atoms with Gasteiger partial charge in [0.2, 0.25) is 5.01 Å². The second-order valence-corrected chi connectivity index (χ2v) is 4.49. The monoisotopic (exact) mass is 227 g/mol. The van der Waals surface area contributed by atoms with Crippen LogP contribution in [0.1, 0.15) is 33.6 Å². The van der Waals surface area contributed by atoms with Crippen LogP contribution >= 0.6 is 11.3 Å². The van der Waals surface area contributed by atoms with E-state index in [1.54, 1.807) is 0 Å². The third-order valence-corrected chi connectivity index (χ3v) is 3.51. The van der Waals surface area contributed by atoms with Gasteiger partial charge in [0, 0.05) is 12.5 Å². The van der Waals surface area contributed by atoms with Gasteiger partial charge in [-0.05, 0) is 19.4 Å². The SMILES string of the molecule is COC(=O)c1nnc(C2CCCNC2)s1. The first-order valence-corrected chi connectivity index (χ1v) is 5.75. The van der Waals surface area contributed by atoms with E-state index in [-0.39, 0.29) is 0 Å². The summed E-state index contributed by atoms with van der Waals surface area (Å²) in [6.45, 7) is 2.00. The van der Waals surface area contributed by atoms with Crippen LogP contribution in [0.2, 0.25) is 0 Å². The molecule has 1 unspecified atom stereocenters. The van der Waals surface area contributed by atoms with Gasteiger partial charge in [-0.15, -0.1) is 10.2 Å². The molecule has 5 nitrogen and oxygen atoms in total. The van der Waals surface area contributed by atoms with E-state index in [4.69, 9.17) is 0 Å². The molecule has 15 heavy (non-hydrogen) atoms. The summed E-state index contributed by atoms with van der Waals surface area (Å²) in [6.07, 6.45) is 2.26. The van der Waals surface area contributed by atoms with Crippen molar-refractivity contribution in [3.05, 3.63) is 10.0 Å². The Morgan fingerprint density at radius 1 is 1.60 bits per heavy atom. The van der Waals surface area contributed by atoms with Crippen molar-refractivity contribution in [2.24, 2.45) is 0 Å². The summed E-state index contributed by atoms with van der Waals surface area (Å²) >= 11 is 1.34. The molecule has 1 N–H and O–H groups in total. The molecule has 2 heterocycles. The highest BCUT2D eigenvalue weighted by Crippen LogP contribution is 2.25. The molecule has 0 saturated carbocycles. The first-order valence-electron chi connectivity index (χ1n) is 4.93. The summed E-state index contributed by atoms with van der Waals surface area (Å²) in [5.74, 6) is -0.00262. The lowest BCUT2D eigenvalue weighted by atomic mass is 10.0. The van der Waals surface area contributed by atoms with Gasteiger partial charge in [0.1, 0.15) is 5.01 Å². The van der Waals surface area contributed by atoms with Gasteiger partial charge in [-0.1, -0.05) is 11.3 Å². The normalized spacial score (nSPS) is 21.3. The molecule has 1 aliphatic heterocycles. The van der Waals surface area contributed by atoms with Crippen LogP contribution in [0.4, 0.5) is 0 Å². The fourth-order valence-electron chi connectivity index (χ4n) is 1.63. The van der Waals surface area contributed by atoms with E-state index >= 15 is 0 Å². The average molecular weight is 227 g/mol. The second-order valence-electron chi connectivity index (χ2n) is 3.48. The molecule has 1 atom stereocenters. The van der Waals surface area contributed by atoms with E-state index in [0.29, 0.717) is 10.9 Å². The fraction of sp³-hybridized carbons (Fsp3) is 0.667. The molecule has 2 rings (SSSR count). The number of hydrogen-bond donors (Lipinski definition) is 1. The number of carbonyl (C=O) groups is 1. The van der Waals surface area contributed by atoms with Gasteiger partial charge in [0.15, 0.2) is 0 Å². The molecule has 82 valence electrons. The molecular formula is C9H13N3O2S. The fourth-order valence-corrected chi connectivity index (χ4v) is 2.53. The van der Waals surface area contributed by atoms with Crippen LogP contribution in [0.25, 0.3) is 0 Å². The lowest BCUT2D eigenvalue weighted by Gasteiger charge is -2.19. The van der Waals surface area contributed by atoms with Gasteiger partial charge in [0.25, 0.3) is 0 Å². The lowest BCUT2D eigenvalue weighted by molar-refractivity contribution is 0.0599. The van der Waals surface area contributed by atoms with Crippen molar-refractivity contribution < 1.29 is 9.53 Å². The smallest absolute Gasteiger partial charge is 0.369 e. The molecule has 1 aromatic rings. The highest BCUT2D eigenvalue weighted by molar-refractivity contribution is 7.13. The zero-order valence-electron chi connectivity index (χ0n) is 8.52. The van der Waals surface area contributed by atoms with Crippen molar-refractivity contribution in [2.75, 3.05) is 20.2 Å². The van der Waals surface area contributed by atoms with Gasteiger partial charge in [0.05, 0.1) is 7.11 Å². The summed E-state index contributed by atoms with van der Waals surface area (Å²) in [5, 5.41) is 12.5. The molecule has 0 radical (unpaired) electrons. The molecular weight excluding hydrogens is 214 g/mol. The third-order valence-electron chi connectivity index (χ3n) is 2.45. The Hall–Kier alpha value is -1.01. The van der Waals surface area contributed by atoms with Crippen molar-refractivity contribution >= 4 is 17.3 Å². The Kier molecular flexibility index (Phi) is 3.27. The average Bonchev–Trinajstić information content (AvgIpc) is 2.78. The molecule has 1 aromatic heterocycles. The van der Waals surface area contributed by atoms with Gasteiger partial charge in [-0.25, -0.2) is 4.79 Å². The van der Waals surface area contributed by atoms with Crippen LogP contribution in [0.3, 0.4) is 0 Å². The maximum Gasteiger partial charge on any atom is 0.369 e. The maximum absolute atomic E-state index is 11.2. The molecule has 0 spiro atoms. The Morgan fingerprint density at radius 2 is 2.47 bits per heavy atom. The van der Waals surface area contributed by atoms with Crippen molar-refractivity contribution in [1.82, 2.24) is 15.5 Å². The minimum Gasteiger partial charge on any atom is -0.464 e. The van der Waals surface area contributed by atoms with Crippen LogP contribution in [-0.4, -0.2) is 36.4 Å². The zero-order valence-corrected chi connectivity index (χ0v) is 9.34. The molecule has 1 aliphatic rings. The second kappa shape index (κ2) is 4.67. The number of carbonyl (C=O) groups excluding carboxylic acids is 1. The van der Waals surface area contributed by atoms with E-state index < -0.39 is 5.97 Å². The molecule has 1 fully saturated rings. The van der Waals surface area contributed by atoms with Gasteiger partial charge >= 0.3 is 5.97 Å². The molecule has 0 aliphatic carbocycles. The van der Waals surface area contributed by atoms with Crippen molar-refractivity contribution in [1.29, 1.82) is 0 Å². The number of rotatable bonds is 2. The Labute approximate surface area is 91.9 Å². The standard InChI is InChI=1S/C9H13N3O2S/c1-14-9(13)8-12-11-7(15-8)6-3-2-4-10-5-6/h6,10H,2-5H2,1H3. The van der Waals surface area contributed by atoms with Crippen LogP contribution < -0.4 is 5.32 Å². The molecule has 1 saturated heterocycles. The summed E-state index contributed by atoms with van der Waals surface area (Å²) in [7, 11) is 1.35. The lowest BCUT2D eigenvalue weighted by Crippen LogP contribution is -2.28. The highest BCUT2D eigenvalue weighted by Gasteiger charge is 2.21. The largest absolute Gasteiger partial charge is 0.464 e. The number of aromatic nitrogens is 2. The Balaban J connectivity index is 2.08. The predicted octanol–water partition coefficient (Wildman–Crippen LogP) is 0.792.